The van der Waals surface area contributed by atoms with Crippen molar-refractivity contribution in [2.24, 2.45) is 5.92 Å². The smallest absolute Gasteiger partial charge is 0.229 e. The molecule has 6 nitrogen and oxygen atoms in total. The molecule has 0 aliphatic heterocycles. The van der Waals surface area contributed by atoms with E-state index >= 15 is 0 Å². The predicted molar refractivity (Wildman–Crippen MR) is 108 cm³/mol. The van der Waals surface area contributed by atoms with Crippen molar-refractivity contribution in [3.8, 4) is 0 Å². The van der Waals surface area contributed by atoms with Gasteiger partial charge in [0.25, 0.3) is 0 Å². The quantitative estimate of drug-likeness (QED) is 0.576. The van der Waals surface area contributed by atoms with Gasteiger partial charge in [-0.15, -0.1) is 0 Å². The van der Waals surface area contributed by atoms with E-state index in [1.165, 1.54) is 6.07 Å². The van der Waals surface area contributed by atoms with Gasteiger partial charge in [0.1, 0.15) is 5.82 Å². The Kier molecular flexibility index (Phi) is 5.06. The lowest BCUT2D eigenvalue weighted by Gasteiger charge is -2.15. The second kappa shape index (κ2) is 7.80. The minimum absolute atomic E-state index is 0.0321. The van der Waals surface area contributed by atoms with E-state index in [1.807, 2.05) is 49.4 Å². The molecule has 7 heteroatoms. The van der Waals surface area contributed by atoms with Crippen LogP contribution >= 0.6 is 0 Å². The molecule has 2 aromatic carbocycles. The molecule has 28 heavy (non-hydrogen) atoms. The number of nitrogen functional groups attached to an aromatic ring is 1. The lowest BCUT2D eigenvalue weighted by Crippen LogP contribution is -2.14. The summed E-state index contributed by atoms with van der Waals surface area (Å²) in [6.45, 7) is 2.70. The van der Waals surface area contributed by atoms with Crippen LogP contribution in [0.4, 0.5) is 22.2 Å². The van der Waals surface area contributed by atoms with Crippen LogP contribution < -0.4 is 16.4 Å². The fourth-order valence-corrected chi connectivity index (χ4v) is 3.41. The highest BCUT2D eigenvalue weighted by molar-refractivity contribution is 5.42. The van der Waals surface area contributed by atoms with Crippen molar-refractivity contribution < 1.29 is 4.39 Å². The van der Waals surface area contributed by atoms with Crippen LogP contribution in [0.15, 0.2) is 54.6 Å². The largest absolute Gasteiger partial charge is 0.368 e. The number of halogens is 1. The molecule has 0 spiro atoms. The first-order valence-electron chi connectivity index (χ1n) is 9.41. The molecule has 1 heterocycles. The molecule has 1 aliphatic carbocycles. The molecule has 144 valence electrons. The molecule has 0 bridgehead atoms. The Morgan fingerprint density at radius 1 is 1.04 bits per heavy atom. The van der Waals surface area contributed by atoms with E-state index in [9.17, 15) is 4.39 Å². The molecule has 0 saturated heterocycles. The third-order valence-corrected chi connectivity index (χ3v) is 5.05. The monoisotopic (exact) mass is 378 g/mol. The molecule has 1 saturated carbocycles. The summed E-state index contributed by atoms with van der Waals surface area (Å²) >= 11 is 0. The van der Waals surface area contributed by atoms with E-state index in [0.29, 0.717) is 24.4 Å². The third-order valence-electron chi connectivity index (χ3n) is 5.05. The maximum Gasteiger partial charge on any atom is 0.229 e. The maximum absolute atomic E-state index is 13.9. The fraction of sp³-hybridized carbons (Fsp3) is 0.286. The minimum atomic E-state index is -0.138. The number of nitrogens with one attached hydrogen (secondary N) is 2. The molecule has 0 radical (unpaired) electrons. The summed E-state index contributed by atoms with van der Waals surface area (Å²) in [5.74, 6) is 1.46. The lowest BCUT2D eigenvalue weighted by molar-refractivity contribution is 0.606. The summed E-state index contributed by atoms with van der Waals surface area (Å²) < 4.78 is 13.9. The summed E-state index contributed by atoms with van der Waals surface area (Å²) in [5.41, 5.74) is 7.75. The molecular formula is C21H23FN6. The lowest BCUT2D eigenvalue weighted by atomic mass is 10.1. The van der Waals surface area contributed by atoms with Gasteiger partial charge in [0, 0.05) is 6.54 Å². The zero-order valence-electron chi connectivity index (χ0n) is 15.6. The maximum atomic E-state index is 13.9. The van der Waals surface area contributed by atoms with E-state index in [2.05, 4.69) is 25.6 Å². The fourth-order valence-electron chi connectivity index (χ4n) is 3.41. The first kappa shape index (κ1) is 18.2. The summed E-state index contributed by atoms with van der Waals surface area (Å²) in [4.78, 5) is 12.7. The SMILES string of the molecule is CC(Nc1nc(N)nc(NCC2CC2c2ccccc2F)n1)c1ccccc1. The number of nitrogens with zero attached hydrogens (tertiary/aromatic N) is 3. The predicted octanol–water partition coefficient (Wildman–Crippen LogP) is 3.98. The van der Waals surface area contributed by atoms with E-state index in [0.717, 1.165) is 17.5 Å². The molecule has 4 rings (SSSR count). The summed E-state index contributed by atoms with van der Waals surface area (Å²) in [7, 11) is 0. The van der Waals surface area contributed by atoms with Gasteiger partial charge in [-0.05, 0) is 42.4 Å². The van der Waals surface area contributed by atoms with Crippen LogP contribution in [-0.2, 0) is 0 Å². The van der Waals surface area contributed by atoms with Gasteiger partial charge in [-0.2, -0.15) is 15.0 Å². The molecule has 3 unspecified atom stereocenters. The summed E-state index contributed by atoms with van der Waals surface area (Å²) in [6, 6.07) is 17.0. The molecule has 3 atom stereocenters. The van der Waals surface area contributed by atoms with E-state index in [1.54, 1.807) is 6.07 Å². The number of hydrogen-bond acceptors (Lipinski definition) is 6. The number of anilines is 3. The Hall–Kier alpha value is -3.22. The van der Waals surface area contributed by atoms with Crippen LogP contribution in [0.1, 0.15) is 36.4 Å². The van der Waals surface area contributed by atoms with Gasteiger partial charge in [-0.1, -0.05) is 48.5 Å². The van der Waals surface area contributed by atoms with Gasteiger partial charge in [-0.3, -0.25) is 0 Å². The molecule has 1 aromatic heterocycles. The molecule has 4 N–H and O–H groups in total. The van der Waals surface area contributed by atoms with Crippen LogP contribution in [0.3, 0.4) is 0 Å². The Labute approximate surface area is 163 Å². The average Bonchev–Trinajstić information content (AvgIpc) is 3.46. The standard InChI is InChI=1S/C21H23FN6/c1-13(14-7-3-2-4-8-14)25-21-27-19(23)26-20(28-21)24-12-15-11-17(15)16-9-5-6-10-18(16)22/h2-10,13,15,17H,11-12H2,1H3,(H4,23,24,25,26,27,28). The number of aromatic nitrogens is 3. The average molecular weight is 378 g/mol. The van der Waals surface area contributed by atoms with Crippen molar-refractivity contribution in [3.63, 3.8) is 0 Å². The van der Waals surface area contributed by atoms with Crippen LogP contribution in [-0.4, -0.2) is 21.5 Å². The Morgan fingerprint density at radius 3 is 2.54 bits per heavy atom. The molecule has 1 fully saturated rings. The van der Waals surface area contributed by atoms with Crippen molar-refractivity contribution in [2.45, 2.75) is 25.3 Å². The second-order valence-corrected chi connectivity index (χ2v) is 7.12. The van der Waals surface area contributed by atoms with Crippen LogP contribution in [0.5, 0.6) is 0 Å². The molecule has 3 aromatic rings. The number of rotatable bonds is 7. The zero-order chi connectivity index (χ0) is 19.5. The van der Waals surface area contributed by atoms with Crippen molar-refractivity contribution in [1.29, 1.82) is 0 Å². The van der Waals surface area contributed by atoms with Crippen molar-refractivity contribution in [1.82, 2.24) is 15.0 Å². The van der Waals surface area contributed by atoms with Crippen LogP contribution in [0, 0.1) is 11.7 Å². The van der Waals surface area contributed by atoms with E-state index in [4.69, 9.17) is 5.73 Å². The van der Waals surface area contributed by atoms with Gasteiger partial charge in [0.05, 0.1) is 6.04 Å². The molecule has 0 amide bonds. The van der Waals surface area contributed by atoms with E-state index in [-0.39, 0.29) is 23.7 Å². The molecule has 1 aliphatic rings. The number of benzene rings is 2. The van der Waals surface area contributed by atoms with Crippen LogP contribution in [0.25, 0.3) is 0 Å². The second-order valence-electron chi connectivity index (χ2n) is 7.12. The van der Waals surface area contributed by atoms with Crippen LogP contribution in [0.2, 0.25) is 0 Å². The Balaban J connectivity index is 1.37. The van der Waals surface area contributed by atoms with Gasteiger partial charge < -0.3 is 16.4 Å². The topological polar surface area (TPSA) is 88.8 Å². The third kappa shape index (κ3) is 4.19. The highest BCUT2D eigenvalue weighted by Gasteiger charge is 2.39. The summed E-state index contributed by atoms with van der Waals surface area (Å²) in [6.07, 6.45) is 0.949. The van der Waals surface area contributed by atoms with E-state index < -0.39 is 0 Å². The Morgan fingerprint density at radius 2 is 1.75 bits per heavy atom. The first-order valence-corrected chi connectivity index (χ1v) is 9.41. The Bertz CT molecular complexity index is 949. The zero-order valence-corrected chi connectivity index (χ0v) is 15.6. The number of hydrogen-bond donors (Lipinski definition) is 3. The molecular weight excluding hydrogens is 355 g/mol. The van der Waals surface area contributed by atoms with Crippen molar-refractivity contribution in [3.05, 3.63) is 71.5 Å². The van der Waals surface area contributed by atoms with Gasteiger partial charge in [0.2, 0.25) is 17.8 Å². The van der Waals surface area contributed by atoms with Crippen molar-refractivity contribution >= 4 is 17.8 Å². The highest BCUT2D eigenvalue weighted by Crippen LogP contribution is 2.48. The summed E-state index contributed by atoms with van der Waals surface area (Å²) in [5, 5.41) is 6.47. The van der Waals surface area contributed by atoms with Gasteiger partial charge in [-0.25, -0.2) is 4.39 Å². The van der Waals surface area contributed by atoms with Gasteiger partial charge >= 0.3 is 0 Å². The first-order chi connectivity index (χ1) is 13.6. The highest BCUT2D eigenvalue weighted by atomic mass is 19.1. The minimum Gasteiger partial charge on any atom is -0.368 e. The normalized spacial score (nSPS) is 19.1. The van der Waals surface area contributed by atoms with Crippen molar-refractivity contribution in [2.75, 3.05) is 22.9 Å². The van der Waals surface area contributed by atoms with Gasteiger partial charge in [0.15, 0.2) is 0 Å². The number of nitrogens with two attached hydrogens (primary N) is 1.